The van der Waals surface area contributed by atoms with Crippen molar-refractivity contribution >= 4 is 34.8 Å². The number of anilines is 2. The lowest BCUT2D eigenvalue weighted by Crippen LogP contribution is -2.56. The second kappa shape index (κ2) is 7.49. The number of benzene rings is 3. The molecule has 1 aliphatic rings. The molecule has 0 aliphatic carbocycles. The molecule has 0 aromatic heterocycles. The minimum absolute atomic E-state index is 0.00610. The molecule has 140 valence electrons. The number of aryl methyl sites for hydroxylation is 1. The standard InChI is InChI=1S/C23H19ClN2O2/c1-16-7-11-19(12-8-16)25-15-21(27)26(20-13-9-18(24)10-14-20)22(23(25)28)17-5-3-2-4-6-17/h2-14,22H,15H2,1H3/t22-/m1/s1. The molecule has 0 saturated carbocycles. The lowest BCUT2D eigenvalue weighted by molar-refractivity contribution is -0.128. The summed E-state index contributed by atoms with van der Waals surface area (Å²) in [4.78, 5) is 29.8. The van der Waals surface area contributed by atoms with Gasteiger partial charge in [0.2, 0.25) is 5.91 Å². The highest BCUT2D eigenvalue weighted by atomic mass is 35.5. The molecule has 0 bridgehead atoms. The molecular weight excluding hydrogens is 372 g/mol. The third kappa shape index (κ3) is 3.39. The predicted molar refractivity (Wildman–Crippen MR) is 112 cm³/mol. The fourth-order valence-electron chi connectivity index (χ4n) is 3.46. The van der Waals surface area contributed by atoms with E-state index in [9.17, 15) is 9.59 Å². The van der Waals surface area contributed by atoms with E-state index in [1.54, 1.807) is 34.1 Å². The summed E-state index contributed by atoms with van der Waals surface area (Å²) in [6.45, 7) is 1.98. The van der Waals surface area contributed by atoms with Crippen molar-refractivity contribution in [1.29, 1.82) is 0 Å². The van der Waals surface area contributed by atoms with Crippen LogP contribution in [-0.2, 0) is 9.59 Å². The number of amides is 2. The molecule has 1 saturated heterocycles. The maximum absolute atomic E-state index is 13.5. The van der Waals surface area contributed by atoms with Crippen molar-refractivity contribution < 1.29 is 9.59 Å². The van der Waals surface area contributed by atoms with Gasteiger partial charge in [-0.05, 0) is 48.9 Å². The number of hydrogen-bond acceptors (Lipinski definition) is 2. The second-order valence-electron chi connectivity index (χ2n) is 6.81. The Labute approximate surface area is 169 Å². The van der Waals surface area contributed by atoms with Gasteiger partial charge in [0.15, 0.2) is 0 Å². The lowest BCUT2D eigenvalue weighted by Gasteiger charge is -2.40. The Balaban J connectivity index is 1.79. The molecule has 2 amide bonds. The first-order valence-corrected chi connectivity index (χ1v) is 9.43. The maximum atomic E-state index is 13.5. The van der Waals surface area contributed by atoms with Crippen molar-refractivity contribution in [3.05, 3.63) is 95.0 Å². The number of piperazine rings is 1. The molecule has 1 aliphatic heterocycles. The number of hydrogen-bond donors (Lipinski definition) is 0. The molecule has 0 unspecified atom stereocenters. The maximum Gasteiger partial charge on any atom is 0.255 e. The first-order valence-electron chi connectivity index (χ1n) is 9.05. The molecule has 1 heterocycles. The molecule has 1 atom stereocenters. The van der Waals surface area contributed by atoms with E-state index in [1.165, 1.54) is 0 Å². The van der Waals surface area contributed by atoms with Crippen LogP contribution in [0, 0.1) is 6.92 Å². The Hall–Kier alpha value is -3.11. The predicted octanol–water partition coefficient (Wildman–Crippen LogP) is 4.77. The Morgan fingerprint density at radius 2 is 1.43 bits per heavy atom. The van der Waals surface area contributed by atoms with E-state index >= 15 is 0 Å². The third-order valence-corrected chi connectivity index (χ3v) is 5.14. The van der Waals surface area contributed by atoms with Crippen molar-refractivity contribution in [1.82, 2.24) is 0 Å². The van der Waals surface area contributed by atoms with Crippen LogP contribution in [0.5, 0.6) is 0 Å². The van der Waals surface area contributed by atoms with Crippen molar-refractivity contribution in [2.45, 2.75) is 13.0 Å². The highest BCUT2D eigenvalue weighted by Crippen LogP contribution is 2.34. The van der Waals surface area contributed by atoms with E-state index in [0.29, 0.717) is 10.7 Å². The van der Waals surface area contributed by atoms with Crippen LogP contribution in [0.3, 0.4) is 0 Å². The van der Waals surface area contributed by atoms with Crippen LogP contribution in [0.25, 0.3) is 0 Å². The minimum atomic E-state index is -0.732. The summed E-state index contributed by atoms with van der Waals surface area (Å²) < 4.78 is 0. The molecule has 1 fully saturated rings. The number of rotatable bonds is 3. The van der Waals surface area contributed by atoms with Gasteiger partial charge < -0.3 is 4.90 Å². The number of carbonyl (C=O) groups excluding carboxylic acids is 2. The SMILES string of the molecule is Cc1ccc(N2CC(=O)N(c3ccc(Cl)cc3)[C@H](c3ccccc3)C2=O)cc1. The summed E-state index contributed by atoms with van der Waals surface area (Å²) in [5.74, 6) is -0.277. The van der Waals surface area contributed by atoms with Crippen LogP contribution in [0.4, 0.5) is 11.4 Å². The van der Waals surface area contributed by atoms with Gasteiger partial charge in [0.05, 0.1) is 0 Å². The van der Waals surface area contributed by atoms with Crippen LogP contribution in [0.1, 0.15) is 17.2 Å². The summed E-state index contributed by atoms with van der Waals surface area (Å²) in [6.07, 6.45) is 0. The van der Waals surface area contributed by atoms with Gasteiger partial charge in [0.25, 0.3) is 5.91 Å². The van der Waals surface area contributed by atoms with E-state index < -0.39 is 6.04 Å². The monoisotopic (exact) mass is 390 g/mol. The number of halogens is 1. The van der Waals surface area contributed by atoms with Gasteiger partial charge in [-0.15, -0.1) is 0 Å². The summed E-state index contributed by atoms with van der Waals surface area (Å²) in [5.41, 5.74) is 3.25. The normalized spacial score (nSPS) is 17.1. The Morgan fingerprint density at radius 3 is 2.07 bits per heavy atom. The highest BCUT2D eigenvalue weighted by Gasteiger charge is 2.41. The molecule has 0 N–H and O–H groups in total. The lowest BCUT2D eigenvalue weighted by atomic mass is 9.99. The van der Waals surface area contributed by atoms with Crippen LogP contribution in [0.2, 0.25) is 5.02 Å². The highest BCUT2D eigenvalue weighted by molar-refractivity contribution is 6.30. The number of carbonyl (C=O) groups is 2. The summed E-state index contributed by atoms with van der Waals surface area (Å²) in [5, 5.41) is 0.581. The van der Waals surface area contributed by atoms with Crippen molar-refractivity contribution in [3.8, 4) is 0 Å². The van der Waals surface area contributed by atoms with E-state index in [4.69, 9.17) is 11.6 Å². The molecular formula is C23H19ClN2O2. The smallest absolute Gasteiger partial charge is 0.255 e. The second-order valence-corrected chi connectivity index (χ2v) is 7.25. The molecule has 3 aromatic carbocycles. The molecule has 3 aromatic rings. The van der Waals surface area contributed by atoms with E-state index in [-0.39, 0.29) is 18.4 Å². The number of nitrogens with zero attached hydrogens (tertiary/aromatic N) is 2. The van der Waals surface area contributed by atoms with Gasteiger partial charge in [-0.25, -0.2) is 0 Å². The average Bonchev–Trinajstić information content (AvgIpc) is 2.71. The Kier molecular flexibility index (Phi) is 4.88. The van der Waals surface area contributed by atoms with Crippen molar-refractivity contribution in [2.75, 3.05) is 16.3 Å². The van der Waals surface area contributed by atoms with Gasteiger partial charge in [-0.2, -0.15) is 0 Å². The van der Waals surface area contributed by atoms with E-state index in [1.807, 2.05) is 61.5 Å². The van der Waals surface area contributed by atoms with Crippen molar-refractivity contribution in [3.63, 3.8) is 0 Å². The molecule has 4 rings (SSSR count). The molecule has 0 spiro atoms. The fraction of sp³-hybridized carbons (Fsp3) is 0.130. The van der Waals surface area contributed by atoms with Gasteiger partial charge in [0, 0.05) is 16.4 Å². The van der Waals surface area contributed by atoms with Crippen LogP contribution in [0.15, 0.2) is 78.9 Å². The quantitative estimate of drug-likeness (QED) is 0.646. The zero-order chi connectivity index (χ0) is 19.7. The van der Waals surface area contributed by atoms with E-state index in [2.05, 4.69) is 0 Å². The van der Waals surface area contributed by atoms with Crippen LogP contribution in [-0.4, -0.2) is 18.4 Å². The van der Waals surface area contributed by atoms with Crippen LogP contribution < -0.4 is 9.80 Å². The van der Waals surface area contributed by atoms with Gasteiger partial charge >= 0.3 is 0 Å². The molecule has 0 radical (unpaired) electrons. The summed E-state index contributed by atoms with van der Waals surface area (Å²) in [7, 11) is 0. The van der Waals surface area contributed by atoms with Gasteiger partial charge in [0.1, 0.15) is 12.6 Å². The summed E-state index contributed by atoms with van der Waals surface area (Å²) in [6, 6.07) is 23.3. The largest absolute Gasteiger partial charge is 0.301 e. The third-order valence-electron chi connectivity index (χ3n) is 4.89. The van der Waals surface area contributed by atoms with E-state index in [0.717, 1.165) is 16.8 Å². The average molecular weight is 391 g/mol. The Bertz CT molecular complexity index is 1000. The van der Waals surface area contributed by atoms with Gasteiger partial charge in [-0.3, -0.25) is 14.5 Å². The first kappa shape index (κ1) is 18.3. The summed E-state index contributed by atoms with van der Waals surface area (Å²) >= 11 is 6.01. The zero-order valence-electron chi connectivity index (χ0n) is 15.4. The van der Waals surface area contributed by atoms with Crippen molar-refractivity contribution in [2.24, 2.45) is 0 Å². The van der Waals surface area contributed by atoms with Crippen LogP contribution >= 0.6 is 11.6 Å². The molecule has 28 heavy (non-hydrogen) atoms. The topological polar surface area (TPSA) is 40.6 Å². The Morgan fingerprint density at radius 1 is 0.821 bits per heavy atom. The zero-order valence-corrected chi connectivity index (χ0v) is 16.1. The molecule has 4 nitrogen and oxygen atoms in total. The fourth-order valence-corrected chi connectivity index (χ4v) is 3.58. The first-order chi connectivity index (χ1) is 13.5. The minimum Gasteiger partial charge on any atom is -0.301 e. The molecule has 5 heteroatoms. The van der Waals surface area contributed by atoms with Gasteiger partial charge in [-0.1, -0.05) is 59.6 Å².